The second kappa shape index (κ2) is 8.90. The smallest absolute Gasteiger partial charge is 0.0616 e. The lowest BCUT2D eigenvalue weighted by Crippen LogP contribution is -1.67. The Morgan fingerprint density at radius 3 is 0.938 bits per heavy atom. The zero-order valence-corrected chi connectivity index (χ0v) is 8.51. The monoisotopic (exact) mass is 216 g/mol. The summed E-state index contributed by atoms with van der Waals surface area (Å²) in [5.41, 5.74) is 22.0. The van der Waals surface area contributed by atoms with Gasteiger partial charge in [-0.2, -0.15) is 0 Å². The van der Waals surface area contributed by atoms with Crippen molar-refractivity contribution in [3.63, 3.8) is 0 Å². The van der Waals surface area contributed by atoms with Crippen LogP contribution >= 0.6 is 0 Å². The third-order valence-corrected chi connectivity index (χ3v) is 1.66. The van der Waals surface area contributed by atoms with Gasteiger partial charge in [0.05, 0.1) is 0 Å². The van der Waals surface area contributed by atoms with E-state index in [0.717, 1.165) is 0 Å². The first-order valence-electron chi connectivity index (χ1n) is 4.30. The van der Waals surface area contributed by atoms with Crippen LogP contribution in [0.3, 0.4) is 0 Å². The van der Waals surface area contributed by atoms with Gasteiger partial charge in [-0.1, -0.05) is 48.5 Å². The van der Waals surface area contributed by atoms with Crippen molar-refractivity contribution in [3.05, 3.63) is 48.5 Å². The molecule has 0 unspecified atom stereocenters. The van der Waals surface area contributed by atoms with Crippen LogP contribution < -0.4 is 9.82 Å². The molecule has 80 valence electrons. The Bertz CT molecular complexity index is 418. The van der Waals surface area contributed by atoms with Gasteiger partial charge in [-0.3, -0.25) is 0 Å². The molecule has 0 radical (unpaired) electrons. The van der Waals surface area contributed by atoms with E-state index in [2.05, 4.69) is 48.5 Å². The summed E-state index contributed by atoms with van der Waals surface area (Å²) in [4.78, 5) is 4.00. The van der Waals surface area contributed by atoms with Crippen LogP contribution in [0.2, 0.25) is 0 Å². The summed E-state index contributed by atoms with van der Waals surface area (Å²) in [5.74, 6) is 0. The van der Waals surface area contributed by atoms with Crippen LogP contribution in [0, 0.1) is 22.1 Å². The Morgan fingerprint density at radius 1 is 0.562 bits per heavy atom. The average molecular weight is 216 g/mol. The Labute approximate surface area is 92.0 Å². The zero-order valence-electron chi connectivity index (χ0n) is 8.51. The summed E-state index contributed by atoms with van der Waals surface area (Å²) in [5, 5.41) is 2.62. The van der Waals surface area contributed by atoms with Gasteiger partial charge in [0.25, 0.3) is 0 Å². The molecule has 0 spiro atoms. The molecule has 6 heteroatoms. The van der Waals surface area contributed by atoms with Crippen molar-refractivity contribution in [3.8, 4) is 0 Å². The standard InChI is InChI=1S/C10H8.2H2N3/c1-2-6-10-8-4-3-7-9(10)5-1;2*1-3-2/h1-8H;2*1-2H/q;2*+1. The first-order chi connectivity index (χ1) is 7.79. The van der Waals surface area contributed by atoms with Crippen LogP contribution in [0.1, 0.15) is 0 Å². The van der Waals surface area contributed by atoms with Gasteiger partial charge in [0.2, 0.25) is 9.82 Å². The van der Waals surface area contributed by atoms with E-state index < -0.39 is 0 Å². The van der Waals surface area contributed by atoms with E-state index >= 15 is 0 Å². The van der Waals surface area contributed by atoms with Crippen molar-refractivity contribution in [2.75, 3.05) is 0 Å². The van der Waals surface area contributed by atoms with Crippen LogP contribution in [0.4, 0.5) is 0 Å². The lowest BCUT2D eigenvalue weighted by Gasteiger charge is -1.92. The molecule has 4 N–H and O–H groups in total. The first-order valence-corrected chi connectivity index (χ1v) is 4.30. The third-order valence-electron chi connectivity index (χ3n) is 1.66. The number of nitrogens with one attached hydrogen (secondary N) is 4. The largest absolute Gasteiger partial charge is 0.211 e. The van der Waals surface area contributed by atoms with Gasteiger partial charge in [-0.15, -0.1) is 0 Å². The van der Waals surface area contributed by atoms with Gasteiger partial charge in [0, 0.05) is 0 Å². The maximum absolute atomic E-state index is 5.50. The molecule has 0 fully saturated rings. The molecule has 16 heavy (non-hydrogen) atoms. The Morgan fingerprint density at radius 2 is 0.750 bits per heavy atom. The molecular formula is C10H12N6+2. The van der Waals surface area contributed by atoms with Crippen LogP contribution in [-0.4, -0.2) is 0 Å². The number of fused-ring (bicyclic) bond motifs is 1. The van der Waals surface area contributed by atoms with Gasteiger partial charge < -0.3 is 0 Å². The molecule has 0 amide bonds. The minimum absolute atomic E-state index is 1.31. The molecule has 0 aliphatic carbocycles. The highest BCUT2D eigenvalue weighted by Crippen LogP contribution is 2.11. The second-order valence-electron chi connectivity index (χ2n) is 2.57. The first kappa shape index (κ1) is 13.3. The summed E-state index contributed by atoms with van der Waals surface area (Å²) >= 11 is 0. The Hall–Kier alpha value is -2.68. The highest BCUT2D eigenvalue weighted by atomic mass is 15.0. The van der Waals surface area contributed by atoms with E-state index in [1.54, 1.807) is 0 Å². The van der Waals surface area contributed by atoms with Crippen molar-refractivity contribution in [2.45, 2.75) is 0 Å². The fourth-order valence-electron chi connectivity index (χ4n) is 1.13. The quantitative estimate of drug-likeness (QED) is 0.382. The van der Waals surface area contributed by atoms with E-state index in [4.69, 9.17) is 22.1 Å². The molecule has 2 rings (SSSR count). The summed E-state index contributed by atoms with van der Waals surface area (Å²) in [7, 11) is 0. The number of benzene rings is 2. The fourth-order valence-corrected chi connectivity index (χ4v) is 1.13. The second-order valence-corrected chi connectivity index (χ2v) is 2.57. The van der Waals surface area contributed by atoms with Crippen molar-refractivity contribution in [2.24, 2.45) is 0 Å². The van der Waals surface area contributed by atoms with Gasteiger partial charge in [-0.25, -0.2) is 0 Å². The van der Waals surface area contributed by atoms with Crippen LogP contribution in [0.25, 0.3) is 10.8 Å². The van der Waals surface area contributed by atoms with Crippen molar-refractivity contribution >= 4 is 10.8 Å². The number of hydrogen-bond acceptors (Lipinski definition) is 4. The molecule has 2 aromatic rings. The lowest BCUT2D eigenvalue weighted by molar-refractivity contribution is 0.928. The van der Waals surface area contributed by atoms with Crippen LogP contribution in [-0.2, 0) is 0 Å². The summed E-state index contributed by atoms with van der Waals surface area (Å²) < 4.78 is 0. The number of hydrogen-bond donors (Lipinski definition) is 4. The summed E-state index contributed by atoms with van der Waals surface area (Å²) in [6.45, 7) is 0. The van der Waals surface area contributed by atoms with E-state index in [1.165, 1.54) is 10.8 Å². The van der Waals surface area contributed by atoms with Gasteiger partial charge in [-0.05, 0) is 10.8 Å². The molecule has 0 atom stereocenters. The molecule has 0 aliphatic rings. The van der Waals surface area contributed by atoms with Crippen molar-refractivity contribution in [1.82, 2.24) is 9.82 Å². The molecule has 0 saturated carbocycles. The SMILES string of the molecule is N=[N+]=N.N=[N+]=N.c1ccc2ccccc2c1. The maximum Gasteiger partial charge on any atom is 0.211 e. The molecule has 0 saturated heterocycles. The molecule has 0 heterocycles. The summed E-state index contributed by atoms with van der Waals surface area (Å²) in [6, 6.07) is 16.7. The number of nitrogens with zero attached hydrogens (tertiary/aromatic N) is 2. The average Bonchev–Trinajstić information content (AvgIpc) is 2.31. The lowest BCUT2D eigenvalue weighted by atomic mass is 10.1. The van der Waals surface area contributed by atoms with E-state index in [9.17, 15) is 0 Å². The topological polar surface area (TPSA) is 124 Å². The highest BCUT2D eigenvalue weighted by molar-refractivity contribution is 5.81. The molecule has 0 aliphatic heterocycles. The Kier molecular flexibility index (Phi) is 7.41. The van der Waals surface area contributed by atoms with Gasteiger partial charge in [0.1, 0.15) is 22.1 Å². The van der Waals surface area contributed by atoms with E-state index in [0.29, 0.717) is 0 Å². The number of rotatable bonds is 0. The predicted molar refractivity (Wildman–Crippen MR) is 59.1 cm³/mol. The third kappa shape index (κ3) is 5.14. The Balaban J connectivity index is 0.000000321. The van der Waals surface area contributed by atoms with Crippen LogP contribution in [0.5, 0.6) is 0 Å². The van der Waals surface area contributed by atoms with Crippen molar-refractivity contribution in [1.29, 1.82) is 22.1 Å². The predicted octanol–water partition coefficient (Wildman–Crippen LogP) is 3.07. The van der Waals surface area contributed by atoms with Gasteiger partial charge >= 0.3 is 0 Å². The molecule has 0 aromatic heterocycles. The minimum atomic E-state index is 1.31. The fraction of sp³-hybridized carbons (Fsp3) is 0. The van der Waals surface area contributed by atoms with E-state index in [1.807, 2.05) is 9.82 Å². The highest BCUT2D eigenvalue weighted by Gasteiger charge is 1.85. The molecule has 2 aromatic carbocycles. The van der Waals surface area contributed by atoms with E-state index in [-0.39, 0.29) is 0 Å². The minimum Gasteiger partial charge on any atom is -0.0616 e. The molecule has 0 bridgehead atoms. The van der Waals surface area contributed by atoms with Crippen molar-refractivity contribution < 1.29 is 0 Å². The van der Waals surface area contributed by atoms with Crippen LogP contribution in [0.15, 0.2) is 48.5 Å². The van der Waals surface area contributed by atoms with Gasteiger partial charge in [0.15, 0.2) is 0 Å². The molecule has 6 nitrogen and oxygen atoms in total. The normalized spacial score (nSPS) is 7.25. The summed E-state index contributed by atoms with van der Waals surface area (Å²) in [6.07, 6.45) is 0. The molecular weight excluding hydrogens is 204 g/mol. The maximum atomic E-state index is 5.50. The zero-order chi connectivity index (χ0) is 12.2.